The highest BCUT2D eigenvalue weighted by Crippen LogP contribution is 2.31. The van der Waals surface area contributed by atoms with Crippen molar-refractivity contribution in [3.05, 3.63) is 69.9 Å². The maximum Gasteiger partial charge on any atom is 0.425 e. The number of nitrogens with one attached hydrogen (secondary N) is 1. The Morgan fingerprint density at radius 2 is 1.74 bits per heavy atom. The number of ether oxygens (including phenoxy) is 1. The van der Waals surface area contributed by atoms with Crippen LogP contribution in [0.1, 0.15) is 42.9 Å². The van der Waals surface area contributed by atoms with Crippen molar-refractivity contribution in [2.24, 2.45) is 7.05 Å². The molecule has 12 heteroatoms. The molecule has 0 saturated heterocycles. The molecule has 0 spiro atoms. The average Bonchev–Trinajstić information content (AvgIpc) is 3.04. The molecule has 0 aliphatic carbocycles. The maximum absolute atomic E-state index is 15.0. The molecular formula is C22H21F5N4O3. The zero-order valence-electron chi connectivity index (χ0n) is 18.6. The summed E-state index contributed by atoms with van der Waals surface area (Å²) < 4.78 is 75.2. The highest BCUT2D eigenvalue weighted by Gasteiger charge is 2.39. The fraction of sp³-hybridized carbons (Fsp3) is 0.318. The van der Waals surface area contributed by atoms with Gasteiger partial charge in [0.25, 0.3) is 5.91 Å². The number of halogens is 5. The zero-order valence-corrected chi connectivity index (χ0v) is 18.6. The van der Waals surface area contributed by atoms with E-state index >= 15 is 4.39 Å². The fourth-order valence-corrected chi connectivity index (χ4v) is 3.10. The second kappa shape index (κ2) is 9.27. The van der Waals surface area contributed by atoms with Crippen LogP contribution >= 0.6 is 0 Å². The highest BCUT2D eigenvalue weighted by atomic mass is 19.4. The first-order valence-corrected chi connectivity index (χ1v) is 10.1. The molecule has 0 radical (unpaired) electrons. The van der Waals surface area contributed by atoms with Gasteiger partial charge in [0.2, 0.25) is 0 Å². The lowest BCUT2D eigenvalue weighted by molar-refractivity contribution is -0.189. The number of nitrogens with zero attached hydrogens (tertiary/aromatic N) is 3. The van der Waals surface area contributed by atoms with Crippen LogP contribution in [0.4, 0.5) is 27.6 Å². The number of alkyl halides is 3. The van der Waals surface area contributed by atoms with Crippen LogP contribution in [0.2, 0.25) is 0 Å². The first-order valence-electron chi connectivity index (χ1n) is 10.1. The molecule has 1 atom stereocenters. The highest BCUT2D eigenvalue weighted by molar-refractivity contribution is 6.06. The summed E-state index contributed by atoms with van der Waals surface area (Å²) in [4.78, 5) is 25.3. The van der Waals surface area contributed by atoms with Crippen LogP contribution in [0.3, 0.4) is 0 Å². The van der Waals surface area contributed by atoms with Crippen molar-refractivity contribution in [1.82, 2.24) is 14.3 Å². The van der Waals surface area contributed by atoms with E-state index < -0.39 is 52.5 Å². The summed E-state index contributed by atoms with van der Waals surface area (Å²) in [5.41, 5.74) is -2.16. The fourth-order valence-electron chi connectivity index (χ4n) is 3.10. The van der Waals surface area contributed by atoms with Crippen molar-refractivity contribution in [2.75, 3.05) is 5.32 Å². The standard InChI is InChI=1S/C22H21F5N4O3/c1-11(2)19-29-31(21(33)30(19)4)17-10-18(34-12(3)22(25,26)27)13(9-15(17)24)20(32)28-16-8-6-5-7-14(16)23/h5-12H,1-4H3,(H,28,32). The van der Waals surface area contributed by atoms with Crippen LogP contribution in [0.15, 0.2) is 41.2 Å². The third-order valence-electron chi connectivity index (χ3n) is 4.94. The number of carbonyl (C=O) groups is 1. The molecule has 1 aromatic heterocycles. The third-order valence-corrected chi connectivity index (χ3v) is 4.94. The van der Waals surface area contributed by atoms with E-state index in [9.17, 15) is 27.2 Å². The van der Waals surface area contributed by atoms with Crippen molar-refractivity contribution in [3.63, 3.8) is 0 Å². The number of aromatic nitrogens is 3. The van der Waals surface area contributed by atoms with Gasteiger partial charge in [0, 0.05) is 19.0 Å². The summed E-state index contributed by atoms with van der Waals surface area (Å²) in [6.07, 6.45) is -7.18. The van der Waals surface area contributed by atoms with Crippen molar-refractivity contribution >= 4 is 11.6 Å². The van der Waals surface area contributed by atoms with Crippen LogP contribution in [-0.2, 0) is 7.05 Å². The Kier molecular flexibility index (Phi) is 6.80. The molecule has 1 unspecified atom stereocenters. The Hall–Kier alpha value is -3.70. The van der Waals surface area contributed by atoms with Crippen molar-refractivity contribution in [2.45, 2.75) is 39.0 Å². The maximum atomic E-state index is 15.0. The van der Waals surface area contributed by atoms with E-state index in [2.05, 4.69) is 10.4 Å². The minimum atomic E-state index is -4.81. The molecule has 1 heterocycles. The van der Waals surface area contributed by atoms with Crippen molar-refractivity contribution < 1.29 is 31.5 Å². The number of amides is 1. The molecule has 182 valence electrons. The van der Waals surface area contributed by atoms with Crippen LogP contribution in [0.25, 0.3) is 5.69 Å². The minimum absolute atomic E-state index is 0.214. The Morgan fingerprint density at radius 1 is 1.09 bits per heavy atom. The molecule has 0 bridgehead atoms. The predicted octanol–water partition coefficient (Wildman–Crippen LogP) is 4.55. The Bertz CT molecular complexity index is 1280. The van der Waals surface area contributed by atoms with Crippen molar-refractivity contribution in [1.29, 1.82) is 0 Å². The van der Waals surface area contributed by atoms with Crippen LogP contribution in [0, 0.1) is 11.6 Å². The van der Waals surface area contributed by atoms with Gasteiger partial charge >= 0.3 is 11.9 Å². The molecule has 0 saturated carbocycles. The molecule has 3 aromatic rings. The van der Waals surface area contributed by atoms with Gasteiger partial charge in [-0.2, -0.15) is 17.9 Å². The third kappa shape index (κ3) is 4.95. The molecule has 0 aliphatic heterocycles. The number of hydrogen-bond donors (Lipinski definition) is 1. The number of anilines is 1. The molecule has 0 fully saturated rings. The van der Waals surface area contributed by atoms with Crippen LogP contribution in [0.5, 0.6) is 5.75 Å². The average molecular weight is 484 g/mol. The summed E-state index contributed by atoms with van der Waals surface area (Å²) in [6.45, 7) is 4.20. The van der Waals surface area contributed by atoms with E-state index in [1.807, 2.05) is 0 Å². The Balaban J connectivity index is 2.14. The Morgan fingerprint density at radius 3 is 2.29 bits per heavy atom. The lowest BCUT2D eigenvalue weighted by Crippen LogP contribution is -2.32. The zero-order chi connectivity index (χ0) is 25.4. The van der Waals surface area contributed by atoms with Gasteiger partial charge in [-0.05, 0) is 25.1 Å². The predicted molar refractivity (Wildman–Crippen MR) is 113 cm³/mol. The molecule has 0 aliphatic rings. The van der Waals surface area contributed by atoms with Crippen molar-refractivity contribution in [3.8, 4) is 11.4 Å². The number of rotatable bonds is 6. The van der Waals surface area contributed by atoms with Crippen LogP contribution in [-0.4, -0.2) is 32.5 Å². The van der Waals surface area contributed by atoms with Gasteiger partial charge in [0.1, 0.15) is 28.9 Å². The van der Waals surface area contributed by atoms with Gasteiger partial charge in [-0.15, -0.1) is 5.10 Å². The topological polar surface area (TPSA) is 78.2 Å². The second-order valence-corrected chi connectivity index (χ2v) is 7.80. The normalized spacial score (nSPS) is 12.6. The number of para-hydroxylation sites is 1. The molecule has 2 aromatic carbocycles. The molecule has 1 amide bonds. The van der Waals surface area contributed by atoms with E-state index in [4.69, 9.17) is 4.74 Å². The van der Waals surface area contributed by atoms with Crippen LogP contribution < -0.4 is 15.7 Å². The van der Waals surface area contributed by atoms with E-state index in [1.54, 1.807) is 13.8 Å². The number of hydrogen-bond acceptors (Lipinski definition) is 4. The van der Waals surface area contributed by atoms with E-state index in [0.717, 1.165) is 12.1 Å². The van der Waals surface area contributed by atoms with Gasteiger partial charge < -0.3 is 10.1 Å². The van der Waals surface area contributed by atoms with Gasteiger partial charge in [-0.25, -0.2) is 13.6 Å². The minimum Gasteiger partial charge on any atom is -0.480 e. The SMILES string of the molecule is CC(C)c1nn(-c2cc(OC(C)C(F)(F)F)c(C(=O)Nc3ccccc3F)cc2F)c(=O)n1C. The summed E-state index contributed by atoms with van der Waals surface area (Å²) in [5.74, 6) is -3.62. The lowest BCUT2D eigenvalue weighted by atomic mass is 10.1. The summed E-state index contributed by atoms with van der Waals surface area (Å²) in [6, 6.07) is 6.47. The molecule has 1 N–H and O–H groups in total. The molecule has 3 rings (SSSR count). The summed E-state index contributed by atoms with van der Waals surface area (Å²) in [7, 11) is 1.42. The molecule has 7 nitrogen and oxygen atoms in total. The second-order valence-electron chi connectivity index (χ2n) is 7.80. The van der Waals surface area contributed by atoms with E-state index in [0.29, 0.717) is 23.5 Å². The smallest absolute Gasteiger partial charge is 0.425 e. The van der Waals surface area contributed by atoms with Gasteiger partial charge in [-0.3, -0.25) is 9.36 Å². The monoisotopic (exact) mass is 484 g/mol. The van der Waals surface area contributed by atoms with Gasteiger partial charge in [-0.1, -0.05) is 26.0 Å². The van der Waals surface area contributed by atoms with E-state index in [-0.39, 0.29) is 11.6 Å². The first kappa shape index (κ1) is 24.9. The summed E-state index contributed by atoms with van der Waals surface area (Å²) in [5, 5.41) is 6.24. The quantitative estimate of drug-likeness (QED) is 0.521. The van der Waals surface area contributed by atoms with Gasteiger partial charge in [0.15, 0.2) is 6.10 Å². The lowest BCUT2D eigenvalue weighted by Gasteiger charge is -2.20. The molecule has 34 heavy (non-hydrogen) atoms. The van der Waals surface area contributed by atoms with Gasteiger partial charge in [0.05, 0.1) is 11.3 Å². The molecular weight excluding hydrogens is 463 g/mol. The van der Waals surface area contributed by atoms with E-state index in [1.165, 1.54) is 29.8 Å². The Labute approximate surface area is 190 Å². The summed E-state index contributed by atoms with van der Waals surface area (Å²) >= 11 is 0. The first-order chi connectivity index (χ1) is 15.8. The number of benzene rings is 2. The largest absolute Gasteiger partial charge is 0.480 e. The number of carbonyl (C=O) groups excluding carboxylic acids is 1.